The number of halogens is 1. The minimum atomic E-state index is -0.458. The Kier molecular flexibility index (Phi) is 4.80. The van der Waals surface area contributed by atoms with Crippen molar-refractivity contribution in [1.29, 1.82) is 0 Å². The first kappa shape index (κ1) is 13.9. The summed E-state index contributed by atoms with van der Waals surface area (Å²) in [6.45, 7) is 0. The molecule has 19 heavy (non-hydrogen) atoms. The molecule has 0 aliphatic heterocycles. The zero-order valence-corrected chi connectivity index (χ0v) is 11.4. The lowest BCUT2D eigenvalue weighted by Gasteiger charge is -2.26. The Hall–Kier alpha value is -1.55. The molecule has 2 aromatic rings. The molecule has 0 amide bonds. The van der Waals surface area contributed by atoms with E-state index in [1.165, 1.54) is 0 Å². The van der Waals surface area contributed by atoms with Crippen molar-refractivity contribution >= 4 is 17.3 Å². The second kappa shape index (κ2) is 6.57. The van der Waals surface area contributed by atoms with E-state index in [-0.39, 0.29) is 0 Å². The summed E-state index contributed by atoms with van der Waals surface area (Å²) < 4.78 is 5.34. The molecule has 0 saturated carbocycles. The molecule has 1 unspecified atom stereocenters. The average Bonchev–Trinajstić information content (AvgIpc) is 2.45. The van der Waals surface area contributed by atoms with E-state index in [1.807, 2.05) is 30.3 Å². The standard InChI is InChI=1S/C15H16ClNO2/c1-19-15(10-12-6-3-2-4-7-12)17(18)14-9-5-8-13(16)11-14/h2-9,11,15,18H,10H2,1H3. The second-order valence-electron chi connectivity index (χ2n) is 4.20. The number of nitrogens with zero attached hydrogens (tertiary/aromatic N) is 1. The smallest absolute Gasteiger partial charge is 0.157 e. The highest BCUT2D eigenvalue weighted by Crippen LogP contribution is 2.21. The molecule has 0 aliphatic carbocycles. The minimum absolute atomic E-state index is 0.458. The predicted octanol–water partition coefficient (Wildman–Crippen LogP) is 3.75. The Balaban J connectivity index is 2.13. The number of hydrogen-bond acceptors (Lipinski definition) is 3. The largest absolute Gasteiger partial charge is 0.359 e. The lowest BCUT2D eigenvalue weighted by Crippen LogP contribution is -2.35. The van der Waals surface area contributed by atoms with Gasteiger partial charge >= 0.3 is 0 Å². The lowest BCUT2D eigenvalue weighted by molar-refractivity contribution is 0.0267. The van der Waals surface area contributed by atoms with Crippen LogP contribution in [0.25, 0.3) is 0 Å². The van der Waals surface area contributed by atoms with E-state index in [0.29, 0.717) is 17.1 Å². The summed E-state index contributed by atoms with van der Waals surface area (Å²) in [6, 6.07) is 16.9. The normalized spacial score (nSPS) is 12.2. The molecule has 1 N–H and O–H groups in total. The molecule has 0 saturated heterocycles. The summed E-state index contributed by atoms with van der Waals surface area (Å²) >= 11 is 5.92. The highest BCUT2D eigenvalue weighted by atomic mass is 35.5. The van der Waals surface area contributed by atoms with Crippen LogP contribution in [0.15, 0.2) is 54.6 Å². The van der Waals surface area contributed by atoms with Gasteiger partial charge in [-0.15, -0.1) is 0 Å². The van der Waals surface area contributed by atoms with Crippen LogP contribution in [0.1, 0.15) is 5.56 Å². The first-order valence-electron chi connectivity index (χ1n) is 6.01. The highest BCUT2D eigenvalue weighted by molar-refractivity contribution is 6.30. The Morgan fingerprint density at radius 3 is 2.53 bits per heavy atom. The Bertz CT molecular complexity index is 519. The topological polar surface area (TPSA) is 32.7 Å². The van der Waals surface area contributed by atoms with Gasteiger partial charge in [-0.1, -0.05) is 48.0 Å². The maximum Gasteiger partial charge on any atom is 0.157 e. The van der Waals surface area contributed by atoms with Gasteiger partial charge in [-0.2, -0.15) is 0 Å². The van der Waals surface area contributed by atoms with E-state index in [4.69, 9.17) is 16.3 Å². The summed E-state index contributed by atoms with van der Waals surface area (Å²) in [5, 5.41) is 11.9. The van der Waals surface area contributed by atoms with Crippen molar-refractivity contribution in [2.45, 2.75) is 12.6 Å². The van der Waals surface area contributed by atoms with E-state index in [0.717, 1.165) is 10.6 Å². The van der Waals surface area contributed by atoms with Gasteiger partial charge in [-0.05, 0) is 23.8 Å². The maximum absolute atomic E-state index is 10.2. The molecule has 0 bridgehead atoms. The molecule has 0 aliphatic rings. The SMILES string of the molecule is COC(Cc1ccccc1)N(O)c1cccc(Cl)c1. The van der Waals surface area contributed by atoms with Gasteiger partial charge < -0.3 is 4.74 Å². The van der Waals surface area contributed by atoms with Crippen molar-refractivity contribution in [3.8, 4) is 0 Å². The van der Waals surface area contributed by atoms with Crippen LogP contribution >= 0.6 is 11.6 Å². The van der Waals surface area contributed by atoms with E-state index >= 15 is 0 Å². The van der Waals surface area contributed by atoms with Crippen molar-refractivity contribution in [3.63, 3.8) is 0 Å². The first-order valence-corrected chi connectivity index (χ1v) is 6.39. The third kappa shape index (κ3) is 3.70. The molecule has 2 aromatic carbocycles. The number of ether oxygens (including phenoxy) is 1. The molecular weight excluding hydrogens is 262 g/mol. The second-order valence-corrected chi connectivity index (χ2v) is 4.64. The fraction of sp³-hybridized carbons (Fsp3) is 0.200. The van der Waals surface area contributed by atoms with Crippen molar-refractivity contribution in [2.24, 2.45) is 0 Å². The summed E-state index contributed by atoms with van der Waals surface area (Å²) in [7, 11) is 1.57. The van der Waals surface area contributed by atoms with Gasteiger partial charge in [-0.3, -0.25) is 5.21 Å². The van der Waals surface area contributed by atoms with E-state index in [1.54, 1.807) is 31.4 Å². The van der Waals surface area contributed by atoms with Crippen LogP contribution in [0.5, 0.6) is 0 Å². The Labute approximate surface area is 118 Å². The number of rotatable bonds is 5. The zero-order valence-electron chi connectivity index (χ0n) is 10.7. The number of hydrogen-bond donors (Lipinski definition) is 1. The molecule has 0 aromatic heterocycles. The molecule has 0 radical (unpaired) electrons. The molecule has 1 atom stereocenters. The molecule has 0 heterocycles. The van der Waals surface area contributed by atoms with Gasteiger partial charge in [0.05, 0.1) is 5.69 Å². The summed E-state index contributed by atoms with van der Waals surface area (Å²) in [5.41, 5.74) is 1.70. The van der Waals surface area contributed by atoms with Crippen LogP contribution in [0.4, 0.5) is 5.69 Å². The number of methoxy groups -OCH3 is 1. The van der Waals surface area contributed by atoms with Crippen LogP contribution in [-0.4, -0.2) is 18.5 Å². The third-order valence-electron chi connectivity index (χ3n) is 2.87. The van der Waals surface area contributed by atoms with Crippen LogP contribution < -0.4 is 5.06 Å². The van der Waals surface area contributed by atoms with Gasteiger partial charge in [-0.25, -0.2) is 5.06 Å². The fourth-order valence-electron chi connectivity index (χ4n) is 1.87. The van der Waals surface area contributed by atoms with E-state index in [2.05, 4.69) is 0 Å². The van der Waals surface area contributed by atoms with Crippen LogP contribution in [0.3, 0.4) is 0 Å². The van der Waals surface area contributed by atoms with E-state index in [9.17, 15) is 5.21 Å². The Morgan fingerprint density at radius 2 is 1.89 bits per heavy atom. The fourth-order valence-corrected chi connectivity index (χ4v) is 2.05. The van der Waals surface area contributed by atoms with Crippen molar-refractivity contribution in [1.82, 2.24) is 0 Å². The molecule has 0 fully saturated rings. The molecule has 0 spiro atoms. The minimum Gasteiger partial charge on any atom is -0.359 e. The zero-order chi connectivity index (χ0) is 13.7. The molecule has 2 rings (SSSR count). The number of benzene rings is 2. The average molecular weight is 278 g/mol. The highest BCUT2D eigenvalue weighted by Gasteiger charge is 2.17. The van der Waals surface area contributed by atoms with Gasteiger partial charge in [0.25, 0.3) is 0 Å². The molecular formula is C15H16ClNO2. The van der Waals surface area contributed by atoms with Gasteiger partial charge in [0, 0.05) is 18.6 Å². The maximum atomic E-state index is 10.2. The quantitative estimate of drug-likeness (QED) is 0.667. The van der Waals surface area contributed by atoms with Gasteiger partial charge in [0.2, 0.25) is 0 Å². The third-order valence-corrected chi connectivity index (χ3v) is 3.11. The van der Waals surface area contributed by atoms with Crippen LogP contribution in [-0.2, 0) is 11.2 Å². The number of anilines is 1. The predicted molar refractivity (Wildman–Crippen MR) is 76.7 cm³/mol. The lowest BCUT2D eigenvalue weighted by atomic mass is 10.1. The van der Waals surface area contributed by atoms with Crippen molar-refractivity contribution in [3.05, 3.63) is 65.2 Å². The van der Waals surface area contributed by atoms with Gasteiger partial charge in [0.15, 0.2) is 6.23 Å². The van der Waals surface area contributed by atoms with Crippen molar-refractivity contribution in [2.75, 3.05) is 12.2 Å². The first-order chi connectivity index (χ1) is 9.20. The molecule has 3 nitrogen and oxygen atoms in total. The summed E-state index contributed by atoms with van der Waals surface area (Å²) in [4.78, 5) is 0. The van der Waals surface area contributed by atoms with Crippen LogP contribution in [0, 0.1) is 0 Å². The van der Waals surface area contributed by atoms with Gasteiger partial charge in [0.1, 0.15) is 0 Å². The van der Waals surface area contributed by atoms with Crippen molar-refractivity contribution < 1.29 is 9.94 Å². The van der Waals surface area contributed by atoms with Crippen LogP contribution in [0.2, 0.25) is 5.02 Å². The monoisotopic (exact) mass is 277 g/mol. The number of hydroxylamine groups is 1. The summed E-state index contributed by atoms with van der Waals surface area (Å²) in [6.07, 6.45) is 0.126. The summed E-state index contributed by atoms with van der Waals surface area (Å²) in [5.74, 6) is 0. The van der Waals surface area contributed by atoms with E-state index < -0.39 is 6.23 Å². The molecule has 100 valence electrons. The Morgan fingerprint density at radius 1 is 1.16 bits per heavy atom. The molecule has 4 heteroatoms.